The summed E-state index contributed by atoms with van der Waals surface area (Å²) in [5, 5.41) is 0. The summed E-state index contributed by atoms with van der Waals surface area (Å²) >= 11 is 0. The fraction of sp³-hybridized carbons (Fsp3) is 0.611. The van der Waals surface area contributed by atoms with E-state index in [9.17, 15) is 4.79 Å². The first-order valence-electron chi connectivity index (χ1n) is 8.41. The zero-order chi connectivity index (χ0) is 15.9. The Morgan fingerprint density at radius 2 is 1.52 bits per heavy atom. The van der Waals surface area contributed by atoms with Crippen molar-refractivity contribution in [1.29, 1.82) is 0 Å². The second kappa shape index (κ2) is 8.55. The fourth-order valence-electron chi connectivity index (χ4n) is 2.95. The van der Waals surface area contributed by atoms with Gasteiger partial charge in [-0.25, -0.2) is 0 Å². The van der Waals surface area contributed by atoms with Crippen LogP contribution in [0.5, 0.6) is 0 Å². The summed E-state index contributed by atoms with van der Waals surface area (Å²) in [6, 6.07) is 6.10. The van der Waals surface area contributed by atoms with E-state index in [4.69, 9.17) is 18.9 Å². The van der Waals surface area contributed by atoms with E-state index in [-0.39, 0.29) is 6.29 Å². The molecule has 2 fully saturated rings. The average molecular weight is 320 g/mol. The third-order valence-corrected chi connectivity index (χ3v) is 4.16. The number of rotatable bonds is 5. The lowest BCUT2D eigenvalue weighted by atomic mass is 10.00. The standard InChI is InChI=1S/C18H24O5/c19-8-4-5-14-6-7-15(17-22-11-12-23-17)16(13-14)18-20-9-2-1-3-10-21-18/h6-8,13,17-18H,1-5,9-12H2. The quantitative estimate of drug-likeness (QED) is 0.780. The minimum atomic E-state index is -0.394. The molecule has 0 N–H and O–H groups in total. The Kier molecular flexibility index (Phi) is 6.16. The smallest absolute Gasteiger partial charge is 0.184 e. The van der Waals surface area contributed by atoms with Crippen LogP contribution in [0.3, 0.4) is 0 Å². The van der Waals surface area contributed by atoms with E-state index in [1.807, 2.05) is 12.1 Å². The van der Waals surface area contributed by atoms with Crippen molar-refractivity contribution < 1.29 is 23.7 Å². The van der Waals surface area contributed by atoms with Crippen LogP contribution in [-0.4, -0.2) is 32.7 Å². The average Bonchev–Trinajstić information content (AvgIpc) is 3.07. The number of aldehydes is 1. The van der Waals surface area contributed by atoms with E-state index >= 15 is 0 Å². The lowest BCUT2D eigenvalue weighted by Crippen LogP contribution is -2.17. The minimum Gasteiger partial charge on any atom is -0.348 e. The van der Waals surface area contributed by atoms with Gasteiger partial charge in [-0.15, -0.1) is 0 Å². The van der Waals surface area contributed by atoms with Crippen LogP contribution in [0.1, 0.15) is 55.0 Å². The Balaban J connectivity index is 1.86. The Morgan fingerprint density at radius 3 is 2.22 bits per heavy atom. The molecule has 1 aromatic carbocycles. The van der Waals surface area contributed by atoms with Gasteiger partial charge in [-0.05, 0) is 31.2 Å². The highest BCUT2D eigenvalue weighted by molar-refractivity contribution is 5.50. The summed E-state index contributed by atoms with van der Waals surface area (Å²) in [6.07, 6.45) is 4.66. The van der Waals surface area contributed by atoms with Crippen LogP contribution >= 0.6 is 0 Å². The van der Waals surface area contributed by atoms with Gasteiger partial charge in [0, 0.05) is 17.5 Å². The van der Waals surface area contributed by atoms with E-state index in [1.165, 1.54) is 0 Å². The molecular formula is C18H24O5. The Labute approximate surface area is 136 Å². The molecule has 2 aliphatic rings. The summed E-state index contributed by atoms with van der Waals surface area (Å²) < 4.78 is 23.2. The normalized spacial score (nSPS) is 21.0. The molecule has 0 aromatic heterocycles. The lowest BCUT2D eigenvalue weighted by Gasteiger charge is -2.25. The summed E-state index contributed by atoms with van der Waals surface area (Å²) in [7, 11) is 0. The highest BCUT2D eigenvalue weighted by Gasteiger charge is 2.26. The van der Waals surface area contributed by atoms with Crippen molar-refractivity contribution in [2.24, 2.45) is 0 Å². The van der Waals surface area contributed by atoms with Crippen molar-refractivity contribution in [3.8, 4) is 0 Å². The first-order valence-corrected chi connectivity index (χ1v) is 8.41. The predicted molar refractivity (Wildman–Crippen MR) is 84.0 cm³/mol. The third-order valence-electron chi connectivity index (χ3n) is 4.16. The molecule has 126 valence electrons. The Hall–Kier alpha value is -1.27. The molecule has 2 saturated heterocycles. The molecule has 0 amide bonds. The van der Waals surface area contributed by atoms with Gasteiger partial charge in [0.25, 0.3) is 0 Å². The molecular weight excluding hydrogens is 296 g/mol. The van der Waals surface area contributed by atoms with Crippen molar-refractivity contribution in [2.75, 3.05) is 26.4 Å². The van der Waals surface area contributed by atoms with Gasteiger partial charge in [-0.3, -0.25) is 0 Å². The SMILES string of the molecule is O=CCCc1ccc(C2OCCO2)c(C2OCCCCCO2)c1. The zero-order valence-corrected chi connectivity index (χ0v) is 13.4. The highest BCUT2D eigenvalue weighted by Crippen LogP contribution is 2.33. The Morgan fingerprint density at radius 1 is 0.870 bits per heavy atom. The van der Waals surface area contributed by atoms with E-state index in [0.717, 1.165) is 48.7 Å². The zero-order valence-electron chi connectivity index (χ0n) is 13.4. The first kappa shape index (κ1) is 16.6. The molecule has 0 spiro atoms. The largest absolute Gasteiger partial charge is 0.348 e. The lowest BCUT2D eigenvalue weighted by molar-refractivity contribution is -0.158. The number of aryl methyl sites for hydroxylation is 1. The summed E-state index contributed by atoms with van der Waals surface area (Å²) in [6.45, 7) is 2.58. The topological polar surface area (TPSA) is 54.0 Å². The molecule has 0 radical (unpaired) electrons. The van der Waals surface area contributed by atoms with Gasteiger partial charge >= 0.3 is 0 Å². The van der Waals surface area contributed by atoms with Crippen molar-refractivity contribution in [1.82, 2.24) is 0 Å². The molecule has 23 heavy (non-hydrogen) atoms. The number of carbonyl (C=O) groups excluding carboxylic acids is 1. The van der Waals surface area contributed by atoms with Crippen LogP contribution in [0.4, 0.5) is 0 Å². The van der Waals surface area contributed by atoms with Crippen LogP contribution in [0.2, 0.25) is 0 Å². The summed E-state index contributed by atoms with van der Waals surface area (Å²) in [5.74, 6) is 0. The molecule has 0 saturated carbocycles. The third kappa shape index (κ3) is 4.38. The van der Waals surface area contributed by atoms with Crippen LogP contribution in [0.15, 0.2) is 18.2 Å². The van der Waals surface area contributed by atoms with Crippen molar-refractivity contribution in [2.45, 2.75) is 44.7 Å². The van der Waals surface area contributed by atoms with Gasteiger partial charge in [0.15, 0.2) is 12.6 Å². The maximum Gasteiger partial charge on any atom is 0.184 e. The van der Waals surface area contributed by atoms with Crippen molar-refractivity contribution >= 4 is 6.29 Å². The highest BCUT2D eigenvalue weighted by atomic mass is 16.7. The molecule has 0 atom stereocenters. The van der Waals surface area contributed by atoms with Crippen LogP contribution < -0.4 is 0 Å². The number of hydrogen-bond donors (Lipinski definition) is 0. The number of benzene rings is 1. The first-order chi connectivity index (χ1) is 11.4. The second-order valence-corrected chi connectivity index (χ2v) is 5.88. The molecule has 2 heterocycles. The van der Waals surface area contributed by atoms with E-state index in [0.29, 0.717) is 32.8 Å². The van der Waals surface area contributed by atoms with Crippen LogP contribution in [-0.2, 0) is 30.2 Å². The molecule has 2 aliphatic heterocycles. The van der Waals surface area contributed by atoms with Crippen molar-refractivity contribution in [3.63, 3.8) is 0 Å². The number of carbonyl (C=O) groups is 1. The van der Waals surface area contributed by atoms with Gasteiger partial charge in [-0.2, -0.15) is 0 Å². The monoisotopic (exact) mass is 320 g/mol. The summed E-state index contributed by atoms with van der Waals surface area (Å²) in [4.78, 5) is 10.6. The van der Waals surface area contributed by atoms with E-state index < -0.39 is 6.29 Å². The molecule has 0 bridgehead atoms. The van der Waals surface area contributed by atoms with Gasteiger partial charge in [0.2, 0.25) is 0 Å². The second-order valence-electron chi connectivity index (χ2n) is 5.88. The van der Waals surface area contributed by atoms with Crippen LogP contribution in [0, 0.1) is 0 Å². The van der Waals surface area contributed by atoms with Gasteiger partial charge in [0.1, 0.15) is 6.29 Å². The van der Waals surface area contributed by atoms with Crippen molar-refractivity contribution in [3.05, 3.63) is 34.9 Å². The maximum atomic E-state index is 10.6. The molecule has 1 aromatic rings. The maximum absolute atomic E-state index is 10.6. The number of hydrogen-bond acceptors (Lipinski definition) is 5. The fourth-order valence-corrected chi connectivity index (χ4v) is 2.95. The molecule has 3 rings (SSSR count). The molecule has 0 unspecified atom stereocenters. The van der Waals surface area contributed by atoms with Crippen LogP contribution in [0.25, 0.3) is 0 Å². The minimum absolute atomic E-state index is 0.359. The van der Waals surface area contributed by atoms with Gasteiger partial charge < -0.3 is 23.7 Å². The molecule has 5 nitrogen and oxygen atoms in total. The molecule has 0 aliphatic carbocycles. The Bertz CT molecular complexity index is 502. The van der Waals surface area contributed by atoms with E-state index in [2.05, 4.69) is 6.07 Å². The van der Waals surface area contributed by atoms with E-state index in [1.54, 1.807) is 0 Å². The summed E-state index contributed by atoms with van der Waals surface area (Å²) in [5.41, 5.74) is 3.02. The predicted octanol–water partition coefficient (Wildman–Crippen LogP) is 3.08. The molecule has 5 heteroatoms. The van der Waals surface area contributed by atoms with Gasteiger partial charge in [-0.1, -0.05) is 18.2 Å². The number of ether oxygens (including phenoxy) is 4. The van der Waals surface area contributed by atoms with Gasteiger partial charge in [0.05, 0.1) is 26.4 Å².